The summed E-state index contributed by atoms with van der Waals surface area (Å²) in [4.78, 5) is 23.6. The highest BCUT2D eigenvalue weighted by Crippen LogP contribution is 2.34. The second-order valence-electron chi connectivity index (χ2n) is 3.02. The van der Waals surface area contributed by atoms with Crippen LogP contribution >= 0.6 is 0 Å². The van der Waals surface area contributed by atoms with Crippen LogP contribution < -0.4 is 0 Å². The first kappa shape index (κ1) is 9.94. The molecule has 0 saturated carbocycles. The van der Waals surface area contributed by atoms with E-state index in [1.807, 2.05) is 0 Å². The van der Waals surface area contributed by atoms with Crippen molar-refractivity contribution < 1.29 is 14.5 Å². The van der Waals surface area contributed by atoms with Crippen molar-refractivity contribution in [3.8, 4) is 0 Å². The molecule has 0 unspecified atom stereocenters. The Bertz CT molecular complexity index is 547. The minimum atomic E-state index is -0.712. The molecule has 0 amide bonds. The molecule has 0 N–H and O–H groups in total. The van der Waals surface area contributed by atoms with Crippen molar-refractivity contribution in [1.82, 2.24) is 0 Å². The number of fused-ring (bicyclic) bond motifs is 1. The summed E-state index contributed by atoms with van der Waals surface area (Å²) >= 11 is 0. The Kier molecular flexibility index (Phi) is 2.19. The fourth-order valence-electron chi connectivity index (χ4n) is 1.43. The number of hydrogen-bond donors (Lipinski definition) is 0. The number of cyclic esters (lactones) is 1. The standard InChI is InChI=1S/C8H4N4O4/c9-11-10-6-1-4-3-16-8(13)5(4)2-7(6)12(14)15/h1-2H,3H2. The molecular formula is C8H4N4O4. The van der Waals surface area contributed by atoms with E-state index in [2.05, 4.69) is 10.0 Å². The molecule has 0 bridgehead atoms. The Hall–Kier alpha value is -2.60. The van der Waals surface area contributed by atoms with Gasteiger partial charge in [0.25, 0.3) is 5.69 Å². The number of rotatable bonds is 2. The predicted octanol–water partition coefficient (Wildman–Crippen LogP) is 2.21. The van der Waals surface area contributed by atoms with E-state index in [4.69, 9.17) is 10.3 Å². The fraction of sp³-hybridized carbons (Fsp3) is 0.125. The van der Waals surface area contributed by atoms with Crippen LogP contribution in [-0.2, 0) is 11.3 Å². The van der Waals surface area contributed by atoms with E-state index in [-0.39, 0.29) is 17.9 Å². The van der Waals surface area contributed by atoms with Crippen LogP contribution in [0.25, 0.3) is 10.4 Å². The zero-order chi connectivity index (χ0) is 11.7. The average Bonchev–Trinajstić information content (AvgIpc) is 2.59. The summed E-state index contributed by atoms with van der Waals surface area (Å²) in [5.41, 5.74) is 8.36. The first-order valence-corrected chi connectivity index (χ1v) is 4.17. The zero-order valence-corrected chi connectivity index (χ0v) is 7.78. The summed E-state index contributed by atoms with van der Waals surface area (Å²) in [7, 11) is 0. The molecule has 8 heteroatoms. The molecule has 0 radical (unpaired) electrons. The Labute approximate surface area is 88.2 Å². The minimum Gasteiger partial charge on any atom is -0.457 e. The third-order valence-corrected chi connectivity index (χ3v) is 2.13. The molecule has 0 spiro atoms. The molecule has 2 rings (SSSR count). The molecule has 1 heterocycles. The molecule has 80 valence electrons. The van der Waals surface area contributed by atoms with Crippen molar-refractivity contribution in [2.24, 2.45) is 5.11 Å². The lowest BCUT2D eigenvalue weighted by Gasteiger charge is -1.98. The molecule has 1 aliphatic heterocycles. The number of azide groups is 1. The number of nitrogens with zero attached hydrogens (tertiary/aromatic N) is 4. The van der Waals surface area contributed by atoms with Gasteiger partial charge >= 0.3 is 5.97 Å². The van der Waals surface area contributed by atoms with E-state index >= 15 is 0 Å². The summed E-state index contributed by atoms with van der Waals surface area (Å²) in [5, 5.41) is 13.9. The van der Waals surface area contributed by atoms with Crippen molar-refractivity contribution in [1.29, 1.82) is 0 Å². The first-order valence-electron chi connectivity index (χ1n) is 4.17. The normalized spacial score (nSPS) is 12.6. The third kappa shape index (κ3) is 1.43. The van der Waals surface area contributed by atoms with Gasteiger partial charge in [0.2, 0.25) is 0 Å². The first-order chi connectivity index (χ1) is 7.63. The molecule has 1 aliphatic rings. The van der Waals surface area contributed by atoms with Gasteiger partial charge in [-0.15, -0.1) is 0 Å². The number of hydrogen-bond acceptors (Lipinski definition) is 5. The van der Waals surface area contributed by atoms with Crippen LogP contribution in [0.15, 0.2) is 17.2 Å². The van der Waals surface area contributed by atoms with Gasteiger partial charge in [-0.05, 0) is 11.6 Å². The van der Waals surface area contributed by atoms with Crippen LogP contribution in [0.1, 0.15) is 15.9 Å². The Morgan fingerprint density at radius 3 is 2.94 bits per heavy atom. The van der Waals surface area contributed by atoms with Gasteiger partial charge in [0, 0.05) is 16.5 Å². The Morgan fingerprint density at radius 2 is 2.31 bits per heavy atom. The maximum atomic E-state index is 11.2. The lowest BCUT2D eigenvalue weighted by molar-refractivity contribution is -0.384. The monoisotopic (exact) mass is 220 g/mol. The number of esters is 1. The van der Waals surface area contributed by atoms with Gasteiger partial charge in [-0.3, -0.25) is 10.1 Å². The second-order valence-corrected chi connectivity index (χ2v) is 3.02. The number of carbonyl (C=O) groups excluding carboxylic acids is 1. The van der Waals surface area contributed by atoms with E-state index in [1.54, 1.807) is 0 Å². The van der Waals surface area contributed by atoms with Gasteiger partial charge in [0.05, 0.1) is 10.5 Å². The zero-order valence-electron chi connectivity index (χ0n) is 7.78. The van der Waals surface area contributed by atoms with Crippen LogP contribution in [0.5, 0.6) is 0 Å². The molecule has 1 aromatic rings. The van der Waals surface area contributed by atoms with E-state index in [1.165, 1.54) is 6.07 Å². The molecular weight excluding hydrogens is 216 g/mol. The molecule has 0 aliphatic carbocycles. The van der Waals surface area contributed by atoms with Crippen molar-refractivity contribution in [3.05, 3.63) is 43.8 Å². The SMILES string of the molecule is [N-]=[N+]=Nc1cc2c(cc1[N+](=O)[O-])C(=O)OC2. The van der Waals surface area contributed by atoms with E-state index in [9.17, 15) is 14.9 Å². The van der Waals surface area contributed by atoms with Gasteiger partial charge < -0.3 is 4.74 Å². The largest absolute Gasteiger partial charge is 0.457 e. The predicted molar refractivity (Wildman–Crippen MR) is 51.0 cm³/mol. The molecule has 0 fully saturated rings. The maximum Gasteiger partial charge on any atom is 0.339 e. The van der Waals surface area contributed by atoms with E-state index in [0.29, 0.717) is 5.56 Å². The van der Waals surface area contributed by atoms with Crippen LogP contribution in [-0.4, -0.2) is 10.9 Å². The van der Waals surface area contributed by atoms with Gasteiger partial charge in [-0.1, -0.05) is 5.11 Å². The Morgan fingerprint density at radius 1 is 1.56 bits per heavy atom. The molecule has 0 atom stereocenters. The van der Waals surface area contributed by atoms with Crippen molar-refractivity contribution in [3.63, 3.8) is 0 Å². The minimum absolute atomic E-state index is 0.0418. The maximum absolute atomic E-state index is 11.2. The van der Waals surface area contributed by atoms with Gasteiger partial charge in [-0.2, -0.15) is 0 Å². The Balaban J connectivity index is 2.68. The summed E-state index contributed by atoms with van der Waals surface area (Å²) in [5.74, 6) is -0.606. The number of benzene rings is 1. The molecule has 0 saturated heterocycles. The summed E-state index contributed by atoms with van der Waals surface area (Å²) < 4.78 is 4.69. The van der Waals surface area contributed by atoms with E-state index in [0.717, 1.165) is 6.07 Å². The number of nitro benzene ring substituents is 1. The van der Waals surface area contributed by atoms with Crippen LogP contribution in [0.2, 0.25) is 0 Å². The average molecular weight is 220 g/mol. The van der Waals surface area contributed by atoms with Gasteiger partial charge in [0.1, 0.15) is 12.3 Å². The van der Waals surface area contributed by atoms with Gasteiger partial charge in [0.15, 0.2) is 0 Å². The summed E-state index contributed by atoms with van der Waals surface area (Å²) in [6.45, 7) is 0.0418. The van der Waals surface area contributed by atoms with Crippen molar-refractivity contribution in [2.75, 3.05) is 0 Å². The smallest absolute Gasteiger partial charge is 0.339 e. The van der Waals surface area contributed by atoms with E-state index < -0.39 is 16.6 Å². The second kappa shape index (κ2) is 3.52. The molecule has 8 nitrogen and oxygen atoms in total. The highest BCUT2D eigenvalue weighted by atomic mass is 16.6. The number of ether oxygens (including phenoxy) is 1. The quantitative estimate of drug-likeness (QED) is 0.189. The van der Waals surface area contributed by atoms with Gasteiger partial charge in [-0.25, -0.2) is 4.79 Å². The van der Waals surface area contributed by atoms with Crippen LogP contribution in [0.4, 0.5) is 11.4 Å². The lowest BCUT2D eigenvalue weighted by atomic mass is 10.1. The molecule has 0 aromatic heterocycles. The highest BCUT2D eigenvalue weighted by molar-refractivity contribution is 5.95. The van der Waals surface area contributed by atoms with Crippen LogP contribution in [0, 0.1) is 10.1 Å². The third-order valence-electron chi connectivity index (χ3n) is 2.13. The highest BCUT2D eigenvalue weighted by Gasteiger charge is 2.26. The molecule has 1 aromatic carbocycles. The van der Waals surface area contributed by atoms with Crippen molar-refractivity contribution in [2.45, 2.75) is 6.61 Å². The van der Waals surface area contributed by atoms with Crippen molar-refractivity contribution >= 4 is 17.3 Å². The number of carbonyl (C=O) groups is 1. The topological polar surface area (TPSA) is 118 Å². The molecule has 16 heavy (non-hydrogen) atoms. The number of nitro groups is 1. The fourth-order valence-corrected chi connectivity index (χ4v) is 1.43. The summed E-state index contributed by atoms with van der Waals surface area (Å²) in [6.07, 6.45) is 0. The summed E-state index contributed by atoms with van der Waals surface area (Å²) in [6, 6.07) is 2.35. The lowest BCUT2D eigenvalue weighted by Crippen LogP contribution is -1.96. The van der Waals surface area contributed by atoms with Crippen LogP contribution in [0.3, 0.4) is 0 Å².